The Morgan fingerprint density at radius 1 is 1.09 bits per heavy atom. The first-order chi connectivity index (χ1) is 15.2. The summed E-state index contributed by atoms with van der Waals surface area (Å²) in [6.07, 6.45) is 2.14. The van der Waals surface area contributed by atoms with E-state index in [1.807, 2.05) is 45.0 Å². The molecule has 3 rings (SSSR count). The number of carbonyl (C=O) groups is 2. The molecule has 2 aromatic carbocycles. The van der Waals surface area contributed by atoms with Gasteiger partial charge < -0.3 is 14.2 Å². The van der Waals surface area contributed by atoms with E-state index in [0.717, 1.165) is 36.0 Å². The van der Waals surface area contributed by atoms with E-state index < -0.39 is 11.7 Å². The van der Waals surface area contributed by atoms with Gasteiger partial charge in [0.05, 0.1) is 19.2 Å². The summed E-state index contributed by atoms with van der Waals surface area (Å²) in [5, 5.41) is 0.696. The SMILES string of the molecule is COC(=O)Cc1ccc2c(c1)N(C(=O)OC(C)(C)C)CCCCc1cc(Cl)ccc1CO2. The van der Waals surface area contributed by atoms with E-state index in [-0.39, 0.29) is 12.4 Å². The Labute approximate surface area is 194 Å². The van der Waals surface area contributed by atoms with Gasteiger partial charge in [-0.3, -0.25) is 9.69 Å². The Morgan fingerprint density at radius 2 is 1.88 bits per heavy atom. The molecular formula is C25H30ClNO5. The van der Waals surface area contributed by atoms with Gasteiger partial charge in [-0.05, 0) is 81.0 Å². The number of ether oxygens (including phenoxy) is 3. The third-order valence-corrected chi connectivity index (χ3v) is 5.37. The zero-order chi connectivity index (χ0) is 23.3. The van der Waals surface area contributed by atoms with Crippen molar-refractivity contribution in [2.24, 2.45) is 0 Å². The number of rotatable bonds is 2. The number of carbonyl (C=O) groups excluding carboxylic acids is 2. The van der Waals surface area contributed by atoms with Gasteiger partial charge in [0.2, 0.25) is 0 Å². The Kier molecular flexibility index (Phi) is 7.67. The zero-order valence-electron chi connectivity index (χ0n) is 19.1. The molecule has 0 radical (unpaired) electrons. The normalized spacial score (nSPS) is 14.3. The maximum atomic E-state index is 13.1. The molecule has 1 aliphatic rings. The molecule has 0 N–H and O–H groups in total. The molecule has 1 aliphatic heterocycles. The van der Waals surface area contributed by atoms with Crippen molar-refractivity contribution < 1.29 is 23.8 Å². The molecule has 0 saturated carbocycles. The highest BCUT2D eigenvalue weighted by Gasteiger charge is 2.26. The number of anilines is 1. The fourth-order valence-corrected chi connectivity index (χ4v) is 3.78. The van der Waals surface area contributed by atoms with Crippen molar-refractivity contribution in [3.05, 3.63) is 58.1 Å². The smallest absolute Gasteiger partial charge is 0.414 e. The van der Waals surface area contributed by atoms with Crippen molar-refractivity contribution in [2.45, 2.75) is 58.7 Å². The van der Waals surface area contributed by atoms with Gasteiger partial charge in [0.1, 0.15) is 18.0 Å². The average Bonchev–Trinajstić information content (AvgIpc) is 2.75. The second-order valence-corrected chi connectivity index (χ2v) is 9.28. The van der Waals surface area contributed by atoms with E-state index >= 15 is 0 Å². The minimum Gasteiger partial charge on any atom is -0.487 e. The van der Waals surface area contributed by atoms with Crippen LogP contribution in [-0.2, 0) is 33.7 Å². The van der Waals surface area contributed by atoms with Gasteiger partial charge in [-0.15, -0.1) is 0 Å². The van der Waals surface area contributed by atoms with Gasteiger partial charge in [-0.2, -0.15) is 0 Å². The van der Waals surface area contributed by atoms with Crippen LogP contribution in [0, 0.1) is 0 Å². The summed E-state index contributed by atoms with van der Waals surface area (Å²) in [5.41, 5.74) is 2.88. The van der Waals surface area contributed by atoms with Crippen molar-refractivity contribution in [1.29, 1.82) is 0 Å². The number of fused-ring (bicyclic) bond motifs is 2. The van der Waals surface area contributed by atoms with Crippen LogP contribution >= 0.6 is 11.6 Å². The first-order valence-corrected chi connectivity index (χ1v) is 11.1. The van der Waals surface area contributed by atoms with Crippen molar-refractivity contribution in [2.75, 3.05) is 18.6 Å². The molecule has 0 saturated heterocycles. The number of nitrogens with zero attached hydrogens (tertiary/aromatic N) is 1. The lowest BCUT2D eigenvalue weighted by molar-refractivity contribution is -0.139. The molecule has 32 heavy (non-hydrogen) atoms. The number of methoxy groups -OCH3 is 1. The number of halogens is 1. The lowest BCUT2D eigenvalue weighted by Gasteiger charge is -2.29. The first kappa shape index (κ1) is 23.9. The van der Waals surface area contributed by atoms with Crippen LogP contribution in [-0.4, -0.2) is 31.3 Å². The molecule has 0 spiro atoms. The minimum absolute atomic E-state index is 0.104. The number of hydrogen-bond donors (Lipinski definition) is 0. The van der Waals surface area contributed by atoms with Gasteiger partial charge >= 0.3 is 12.1 Å². The molecule has 0 fully saturated rings. The van der Waals surface area contributed by atoms with Crippen LogP contribution in [0.15, 0.2) is 36.4 Å². The molecule has 0 unspecified atom stereocenters. The summed E-state index contributed by atoms with van der Waals surface area (Å²) in [7, 11) is 1.35. The molecular weight excluding hydrogens is 430 g/mol. The van der Waals surface area contributed by atoms with E-state index in [1.54, 1.807) is 17.0 Å². The fourth-order valence-electron chi connectivity index (χ4n) is 3.58. The number of hydrogen-bond acceptors (Lipinski definition) is 5. The quantitative estimate of drug-likeness (QED) is 0.538. The number of aryl methyl sites for hydroxylation is 1. The van der Waals surface area contributed by atoms with E-state index in [0.29, 0.717) is 29.6 Å². The molecule has 172 valence electrons. The van der Waals surface area contributed by atoms with Crippen molar-refractivity contribution >= 4 is 29.4 Å². The van der Waals surface area contributed by atoms with Crippen LogP contribution in [0.25, 0.3) is 0 Å². The van der Waals surface area contributed by atoms with Gasteiger partial charge in [-0.1, -0.05) is 23.7 Å². The highest BCUT2D eigenvalue weighted by Crippen LogP contribution is 2.33. The predicted octanol–water partition coefficient (Wildman–Crippen LogP) is 5.71. The molecule has 0 aliphatic carbocycles. The lowest BCUT2D eigenvalue weighted by atomic mass is 10.0. The summed E-state index contributed by atoms with van der Waals surface area (Å²) >= 11 is 6.21. The maximum absolute atomic E-state index is 13.1. The van der Waals surface area contributed by atoms with Gasteiger partial charge in [0.15, 0.2) is 0 Å². The Morgan fingerprint density at radius 3 is 2.59 bits per heavy atom. The lowest BCUT2D eigenvalue weighted by Crippen LogP contribution is -2.37. The monoisotopic (exact) mass is 459 g/mol. The molecule has 0 aromatic heterocycles. The summed E-state index contributed by atoms with van der Waals surface area (Å²) in [5.74, 6) is 0.199. The van der Waals surface area contributed by atoms with Crippen molar-refractivity contribution in [3.63, 3.8) is 0 Å². The standard InChI is InChI=1S/C25H30ClNO5/c1-25(2,3)32-24(29)27-12-6-5-7-18-15-20(26)10-9-19(18)16-31-22-11-8-17(13-21(22)27)14-23(28)30-4/h8-11,13,15H,5-7,12,14,16H2,1-4H3. The molecule has 6 nitrogen and oxygen atoms in total. The largest absolute Gasteiger partial charge is 0.487 e. The van der Waals surface area contributed by atoms with Crippen LogP contribution < -0.4 is 9.64 Å². The van der Waals surface area contributed by atoms with Crippen LogP contribution in [0.4, 0.5) is 10.5 Å². The Hall–Kier alpha value is -2.73. The van der Waals surface area contributed by atoms with E-state index in [9.17, 15) is 9.59 Å². The molecule has 1 amide bonds. The summed E-state index contributed by atoms with van der Waals surface area (Å²) in [6.45, 7) is 6.31. The maximum Gasteiger partial charge on any atom is 0.414 e. The van der Waals surface area contributed by atoms with Crippen LogP contribution in [0.5, 0.6) is 5.75 Å². The van der Waals surface area contributed by atoms with Gasteiger partial charge in [-0.25, -0.2) is 4.79 Å². The van der Waals surface area contributed by atoms with Crippen LogP contribution in [0.3, 0.4) is 0 Å². The summed E-state index contributed by atoms with van der Waals surface area (Å²) < 4.78 is 16.6. The van der Waals surface area contributed by atoms with Gasteiger partial charge in [0.25, 0.3) is 0 Å². The van der Waals surface area contributed by atoms with Crippen LogP contribution in [0.1, 0.15) is 50.3 Å². The second-order valence-electron chi connectivity index (χ2n) is 8.85. The highest BCUT2D eigenvalue weighted by atomic mass is 35.5. The molecule has 2 aromatic rings. The Bertz CT molecular complexity index is 983. The third kappa shape index (κ3) is 6.39. The molecule has 1 heterocycles. The highest BCUT2D eigenvalue weighted by molar-refractivity contribution is 6.30. The number of benzene rings is 2. The fraction of sp³-hybridized carbons (Fsp3) is 0.440. The van der Waals surface area contributed by atoms with Gasteiger partial charge in [0, 0.05) is 11.6 Å². The second kappa shape index (κ2) is 10.3. The van der Waals surface area contributed by atoms with E-state index in [2.05, 4.69) is 0 Å². The number of esters is 1. The van der Waals surface area contributed by atoms with E-state index in [4.69, 9.17) is 25.8 Å². The molecule has 0 bridgehead atoms. The first-order valence-electron chi connectivity index (χ1n) is 10.8. The summed E-state index contributed by atoms with van der Waals surface area (Å²) in [4.78, 5) is 26.5. The van der Waals surface area contributed by atoms with Crippen molar-refractivity contribution in [1.82, 2.24) is 0 Å². The third-order valence-electron chi connectivity index (χ3n) is 5.13. The molecule has 7 heteroatoms. The van der Waals surface area contributed by atoms with E-state index in [1.165, 1.54) is 7.11 Å². The summed E-state index contributed by atoms with van der Waals surface area (Å²) in [6, 6.07) is 11.2. The van der Waals surface area contributed by atoms with Crippen LogP contribution in [0.2, 0.25) is 5.02 Å². The van der Waals surface area contributed by atoms with Crippen molar-refractivity contribution in [3.8, 4) is 5.75 Å². The topological polar surface area (TPSA) is 65.1 Å². The molecule has 0 atom stereocenters. The minimum atomic E-state index is -0.638. The Balaban J connectivity index is 2.00. The predicted molar refractivity (Wildman–Crippen MR) is 124 cm³/mol. The number of amides is 1. The zero-order valence-corrected chi connectivity index (χ0v) is 19.8. The average molecular weight is 460 g/mol.